The Bertz CT molecular complexity index is 1710. The number of hydrogen-bond donors (Lipinski definition) is 1. The summed E-state index contributed by atoms with van der Waals surface area (Å²) in [4.78, 5) is 3.68. The Labute approximate surface area is 185 Å². The highest BCUT2D eigenvalue weighted by Crippen LogP contribution is 2.54. The topological polar surface area (TPSA) is 15.8 Å². The van der Waals surface area contributed by atoms with Crippen molar-refractivity contribution in [2.24, 2.45) is 0 Å². The van der Waals surface area contributed by atoms with Crippen LogP contribution in [0.15, 0.2) is 103 Å². The highest BCUT2D eigenvalue weighted by Gasteiger charge is 2.37. The predicted molar refractivity (Wildman–Crippen MR) is 138 cm³/mol. The quantitative estimate of drug-likeness (QED) is 0.306. The van der Waals surface area contributed by atoms with Crippen LogP contribution in [0.4, 0.5) is 0 Å². The molecule has 146 valence electrons. The van der Waals surface area contributed by atoms with E-state index in [4.69, 9.17) is 11.8 Å². The van der Waals surface area contributed by atoms with Crippen LogP contribution in [0, 0.1) is 0 Å². The molecule has 7 rings (SSSR count). The molecule has 1 atom stereocenters. The summed E-state index contributed by atoms with van der Waals surface area (Å²) in [7, 11) is 0. The zero-order valence-electron chi connectivity index (χ0n) is 16.7. The van der Waals surface area contributed by atoms with E-state index in [1.54, 1.807) is 0 Å². The van der Waals surface area contributed by atoms with E-state index < -0.39 is 6.04 Å². The summed E-state index contributed by atoms with van der Waals surface area (Å²) < 4.78 is 0. The smallest absolute Gasteiger partial charge is 0.0471 e. The normalized spacial score (nSPS) is 17.3. The Balaban J connectivity index is 1.68. The van der Waals surface area contributed by atoms with Gasteiger partial charge in [0.25, 0.3) is 0 Å². The maximum atomic E-state index is 6.58. The molecule has 0 saturated carbocycles. The number of benzene rings is 5. The second-order valence-electron chi connectivity index (χ2n) is 8.21. The average molecular weight is 432 g/mol. The molecule has 1 nitrogen and oxygen atoms in total. The first-order valence-corrected chi connectivity index (χ1v) is 13.3. The van der Waals surface area contributed by atoms with Gasteiger partial charge < -0.3 is 4.98 Å². The molecule has 1 N–H and O–H groups in total. The van der Waals surface area contributed by atoms with Crippen molar-refractivity contribution in [3.8, 4) is 11.1 Å². The fourth-order valence-corrected chi connectivity index (χ4v) is 9.57. The number of hydrogen-bond acceptors (Lipinski definition) is 1. The number of aromatic nitrogens is 1. The molecule has 1 aliphatic heterocycles. The fraction of sp³-hybridized carbons (Fsp3) is 0. The summed E-state index contributed by atoms with van der Waals surface area (Å²) >= 11 is 6.58. The van der Waals surface area contributed by atoms with Crippen molar-refractivity contribution >= 4 is 66.3 Å². The number of fused-ring (bicyclic) bond motifs is 8. The molecule has 6 aromatic rings. The monoisotopic (exact) mass is 431 g/mol. The van der Waals surface area contributed by atoms with Gasteiger partial charge in [-0.15, -0.1) is 0 Å². The lowest BCUT2D eigenvalue weighted by Gasteiger charge is -2.19. The predicted octanol–water partition coefficient (Wildman–Crippen LogP) is 6.21. The molecule has 5 aromatic carbocycles. The number of aromatic amines is 1. The van der Waals surface area contributed by atoms with E-state index in [-0.39, 0.29) is 0 Å². The van der Waals surface area contributed by atoms with Crippen molar-refractivity contribution in [1.82, 2.24) is 4.98 Å². The minimum atomic E-state index is -2.09. The van der Waals surface area contributed by atoms with Gasteiger partial charge in [-0.25, -0.2) is 0 Å². The van der Waals surface area contributed by atoms with E-state index in [0.717, 1.165) is 0 Å². The van der Waals surface area contributed by atoms with Crippen LogP contribution in [0.2, 0.25) is 0 Å². The Morgan fingerprint density at radius 2 is 1.32 bits per heavy atom. The van der Waals surface area contributed by atoms with Gasteiger partial charge in [0, 0.05) is 44.0 Å². The first kappa shape index (κ1) is 17.5. The van der Waals surface area contributed by atoms with E-state index in [1.165, 1.54) is 59.6 Å². The van der Waals surface area contributed by atoms with Crippen LogP contribution in [0.3, 0.4) is 0 Å². The average Bonchev–Trinajstić information content (AvgIpc) is 3.31. The summed E-state index contributed by atoms with van der Waals surface area (Å²) in [5.41, 5.74) is 4.97. The van der Waals surface area contributed by atoms with Crippen molar-refractivity contribution < 1.29 is 0 Å². The van der Waals surface area contributed by atoms with Crippen LogP contribution in [0.25, 0.3) is 43.7 Å². The molecule has 1 aliphatic rings. The fourth-order valence-electron chi connectivity index (χ4n) is 5.21. The van der Waals surface area contributed by atoms with Crippen LogP contribution in [0.1, 0.15) is 0 Å². The van der Waals surface area contributed by atoms with Gasteiger partial charge in [0.15, 0.2) is 0 Å². The Morgan fingerprint density at radius 3 is 2.16 bits per heavy atom. The zero-order chi connectivity index (χ0) is 20.6. The van der Waals surface area contributed by atoms with Crippen LogP contribution < -0.4 is 15.9 Å². The number of nitrogens with one attached hydrogen (secondary N) is 1. The largest absolute Gasteiger partial charge is 0.354 e. The van der Waals surface area contributed by atoms with Gasteiger partial charge in [-0.3, -0.25) is 0 Å². The van der Waals surface area contributed by atoms with Crippen LogP contribution in [-0.4, -0.2) is 4.98 Å². The lowest BCUT2D eigenvalue weighted by atomic mass is 9.98. The van der Waals surface area contributed by atoms with E-state index >= 15 is 0 Å². The van der Waals surface area contributed by atoms with Gasteiger partial charge in [0.05, 0.1) is 0 Å². The summed E-state index contributed by atoms with van der Waals surface area (Å²) in [5.74, 6) is 0. The van der Waals surface area contributed by atoms with Crippen molar-refractivity contribution in [3.63, 3.8) is 0 Å². The molecule has 0 saturated heterocycles. The lowest BCUT2D eigenvalue weighted by Crippen LogP contribution is -2.20. The van der Waals surface area contributed by atoms with Gasteiger partial charge in [0.1, 0.15) is 0 Å². The first-order chi connectivity index (χ1) is 15.2. The molecular weight excluding hydrogens is 413 g/mol. The molecule has 0 spiro atoms. The molecule has 0 amide bonds. The lowest BCUT2D eigenvalue weighted by molar-refractivity contribution is 1.56. The molecule has 31 heavy (non-hydrogen) atoms. The van der Waals surface area contributed by atoms with Crippen molar-refractivity contribution in [2.75, 3.05) is 0 Å². The summed E-state index contributed by atoms with van der Waals surface area (Å²) in [6.45, 7) is 0. The Kier molecular flexibility index (Phi) is 3.48. The second kappa shape index (κ2) is 6.17. The standard InChI is InChI=1S/C28H18NPS/c31-30(20-10-2-1-3-11-20)25-13-7-6-12-21(25)28-26(30)15-14-23-27(28)22-16-18-8-4-5-9-19(18)17-24(22)29-23/h1-17,29H. The highest BCUT2D eigenvalue weighted by atomic mass is 32.4. The van der Waals surface area contributed by atoms with Crippen molar-refractivity contribution in [3.05, 3.63) is 103 Å². The second-order valence-corrected chi connectivity index (χ2v) is 12.6. The Hall–Kier alpha value is -3.19. The third-order valence-corrected chi connectivity index (χ3v) is 11.5. The number of H-pyrrole nitrogens is 1. The van der Waals surface area contributed by atoms with E-state index in [2.05, 4.69) is 108 Å². The zero-order valence-corrected chi connectivity index (χ0v) is 18.4. The molecule has 0 bridgehead atoms. The van der Waals surface area contributed by atoms with Gasteiger partial charge in [0.2, 0.25) is 0 Å². The van der Waals surface area contributed by atoms with Crippen LogP contribution in [-0.2, 0) is 11.8 Å². The van der Waals surface area contributed by atoms with Crippen LogP contribution >= 0.6 is 6.04 Å². The molecular formula is C28H18NPS. The van der Waals surface area contributed by atoms with Crippen molar-refractivity contribution in [1.29, 1.82) is 0 Å². The SMILES string of the molecule is S=P1(c2ccccc2)c2ccccc2-c2c1ccc1[nH]c3cc4ccccc4cc3c21. The molecule has 1 aromatic heterocycles. The Morgan fingerprint density at radius 1 is 0.613 bits per heavy atom. The van der Waals surface area contributed by atoms with E-state index in [1.807, 2.05) is 0 Å². The first-order valence-electron chi connectivity index (χ1n) is 10.5. The minimum absolute atomic E-state index is 1.18. The van der Waals surface area contributed by atoms with E-state index in [9.17, 15) is 0 Å². The van der Waals surface area contributed by atoms with Crippen molar-refractivity contribution in [2.45, 2.75) is 0 Å². The van der Waals surface area contributed by atoms with Gasteiger partial charge >= 0.3 is 0 Å². The molecule has 3 heteroatoms. The summed E-state index contributed by atoms with van der Waals surface area (Å²) in [6, 6.07) is 35.1. The third kappa shape index (κ3) is 2.24. The summed E-state index contributed by atoms with van der Waals surface area (Å²) in [6.07, 6.45) is 0. The maximum absolute atomic E-state index is 6.58. The molecule has 1 unspecified atom stereocenters. The van der Waals surface area contributed by atoms with E-state index in [0.29, 0.717) is 0 Å². The molecule has 2 heterocycles. The third-order valence-electron chi connectivity index (χ3n) is 6.58. The molecule has 0 aliphatic carbocycles. The minimum Gasteiger partial charge on any atom is -0.354 e. The summed E-state index contributed by atoms with van der Waals surface area (Å²) in [5, 5.41) is 8.99. The highest BCUT2D eigenvalue weighted by molar-refractivity contribution is 8.26. The molecule has 0 radical (unpaired) electrons. The van der Waals surface area contributed by atoms with Gasteiger partial charge in [-0.1, -0.05) is 96.7 Å². The maximum Gasteiger partial charge on any atom is 0.0471 e. The number of rotatable bonds is 1. The van der Waals surface area contributed by atoms with Gasteiger partial charge in [-0.05, 0) is 39.8 Å². The van der Waals surface area contributed by atoms with Crippen LogP contribution in [0.5, 0.6) is 0 Å². The van der Waals surface area contributed by atoms with Gasteiger partial charge in [-0.2, -0.15) is 0 Å². The molecule has 0 fully saturated rings.